The molecule has 0 spiro atoms. The average molecular weight is 448 g/mol. The van der Waals surface area contributed by atoms with Crippen molar-refractivity contribution in [3.05, 3.63) is 57.5 Å². The van der Waals surface area contributed by atoms with Gasteiger partial charge in [0.05, 0.1) is 26.3 Å². The first-order chi connectivity index (χ1) is 14.9. The number of morpholine rings is 1. The average Bonchev–Trinajstić information content (AvgIpc) is 3.17. The van der Waals surface area contributed by atoms with Crippen LogP contribution in [0.1, 0.15) is 22.9 Å². The van der Waals surface area contributed by atoms with Crippen molar-refractivity contribution in [3.8, 4) is 0 Å². The van der Waals surface area contributed by atoms with Gasteiger partial charge in [-0.3, -0.25) is 14.5 Å². The minimum Gasteiger partial charge on any atom is -0.379 e. The summed E-state index contributed by atoms with van der Waals surface area (Å²) in [6.07, 6.45) is 0. The number of halogens is 1. The van der Waals surface area contributed by atoms with Gasteiger partial charge < -0.3 is 14.5 Å². The molecule has 1 aliphatic heterocycles. The highest BCUT2D eigenvalue weighted by molar-refractivity contribution is 7.10. The molecule has 1 saturated heterocycles. The fourth-order valence-corrected chi connectivity index (χ4v) is 4.40. The Morgan fingerprint density at radius 3 is 2.42 bits per heavy atom. The van der Waals surface area contributed by atoms with Crippen molar-refractivity contribution in [3.63, 3.8) is 0 Å². The van der Waals surface area contributed by atoms with Crippen LogP contribution in [0.25, 0.3) is 0 Å². The van der Waals surface area contributed by atoms with Crippen LogP contribution in [0, 0.1) is 12.7 Å². The van der Waals surface area contributed by atoms with Crippen molar-refractivity contribution in [2.75, 3.05) is 45.9 Å². The number of benzene rings is 1. The van der Waals surface area contributed by atoms with Crippen LogP contribution in [-0.4, -0.2) is 72.5 Å². The van der Waals surface area contributed by atoms with E-state index in [9.17, 15) is 14.0 Å². The van der Waals surface area contributed by atoms with Crippen LogP contribution < -0.4 is 0 Å². The lowest BCUT2D eigenvalue weighted by atomic mass is 10.2. The van der Waals surface area contributed by atoms with Crippen LogP contribution in [0.4, 0.5) is 4.39 Å². The standard InChI is InChI=1S/C23H30FN3O3S/c1-18-7-14-31-22(18)16-27(15-20-3-5-21(24)6-4-20)23(29)17-26(19(2)28)9-8-25-10-12-30-13-11-25/h3-7,14H,8-13,15-17H2,1-2H3. The van der Waals surface area contributed by atoms with E-state index < -0.39 is 0 Å². The van der Waals surface area contributed by atoms with Crippen LogP contribution in [0.2, 0.25) is 0 Å². The molecule has 1 aliphatic rings. The summed E-state index contributed by atoms with van der Waals surface area (Å²) in [6, 6.07) is 8.22. The van der Waals surface area contributed by atoms with Gasteiger partial charge in [0.1, 0.15) is 5.82 Å². The topological polar surface area (TPSA) is 53.1 Å². The molecule has 0 saturated carbocycles. The number of aryl methyl sites for hydroxylation is 1. The maximum absolute atomic E-state index is 13.3. The molecule has 0 radical (unpaired) electrons. The third kappa shape index (κ3) is 7.12. The van der Waals surface area contributed by atoms with E-state index in [1.807, 2.05) is 18.4 Å². The van der Waals surface area contributed by atoms with E-state index in [0.29, 0.717) is 32.8 Å². The van der Waals surface area contributed by atoms with Gasteiger partial charge >= 0.3 is 0 Å². The van der Waals surface area contributed by atoms with Crippen molar-refractivity contribution in [1.82, 2.24) is 14.7 Å². The zero-order valence-corrected chi connectivity index (χ0v) is 19.0. The summed E-state index contributed by atoms with van der Waals surface area (Å²) >= 11 is 1.61. The minimum absolute atomic E-state index is 0.0330. The fraction of sp³-hybridized carbons (Fsp3) is 0.478. The lowest BCUT2D eigenvalue weighted by molar-refractivity contribution is -0.140. The molecule has 2 amide bonds. The molecule has 1 aromatic heterocycles. The monoisotopic (exact) mass is 447 g/mol. The lowest BCUT2D eigenvalue weighted by Crippen LogP contribution is -2.46. The Bertz CT molecular complexity index is 865. The normalized spacial score (nSPS) is 14.4. The Balaban J connectivity index is 1.67. The molecule has 8 heteroatoms. The van der Waals surface area contributed by atoms with Gasteiger partial charge in [-0.05, 0) is 41.6 Å². The number of carbonyl (C=O) groups is 2. The summed E-state index contributed by atoms with van der Waals surface area (Å²) < 4.78 is 18.7. The van der Waals surface area contributed by atoms with Crippen molar-refractivity contribution in [2.24, 2.45) is 0 Å². The summed E-state index contributed by atoms with van der Waals surface area (Å²) in [5.74, 6) is -0.536. The zero-order chi connectivity index (χ0) is 22.2. The molecule has 2 aromatic rings. The van der Waals surface area contributed by atoms with Crippen LogP contribution in [0.15, 0.2) is 35.7 Å². The van der Waals surface area contributed by atoms with Gasteiger partial charge in [0, 0.05) is 44.5 Å². The van der Waals surface area contributed by atoms with Crippen LogP contribution in [0.3, 0.4) is 0 Å². The summed E-state index contributed by atoms with van der Waals surface area (Å²) in [5, 5.41) is 2.01. The quantitative estimate of drug-likeness (QED) is 0.593. The number of amides is 2. The Hall–Kier alpha value is -2.29. The van der Waals surface area contributed by atoms with Gasteiger partial charge in [-0.15, -0.1) is 11.3 Å². The SMILES string of the molecule is CC(=O)N(CCN1CCOCC1)CC(=O)N(Cc1ccc(F)cc1)Cc1sccc1C. The van der Waals surface area contributed by atoms with Crippen molar-refractivity contribution in [2.45, 2.75) is 26.9 Å². The van der Waals surface area contributed by atoms with Gasteiger partial charge in [0.25, 0.3) is 0 Å². The molecule has 6 nitrogen and oxygen atoms in total. The molecule has 1 aromatic carbocycles. The second-order valence-electron chi connectivity index (χ2n) is 7.80. The number of thiophene rings is 1. The van der Waals surface area contributed by atoms with E-state index in [0.717, 1.165) is 35.6 Å². The van der Waals surface area contributed by atoms with E-state index in [1.54, 1.807) is 33.3 Å². The number of ether oxygens (including phenoxy) is 1. The third-order valence-corrected chi connectivity index (χ3v) is 6.51. The van der Waals surface area contributed by atoms with Gasteiger partial charge in [0.15, 0.2) is 0 Å². The molecule has 0 aliphatic carbocycles. The highest BCUT2D eigenvalue weighted by Crippen LogP contribution is 2.20. The molecule has 1 fully saturated rings. The number of hydrogen-bond acceptors (Lipinski definition) is 5. The lowest BCUT2D eigenvalue weighted by Gasteiger charge is -2.31. The molecule has 2 heterocycles. The van der Waals surface area contributed by atoms with E-state index >= 15 is 0 Å². The van der Waals surface area contributed by atoms with Gasteiger partial charge in [-0.2, -0.15) is 0 Å². The Morgan fingerprint density at radius 1 is 1.10 bits per heavy atom. The van der Waals surface area contributed by atoms with Gasteiger partial charge in [-0.25, -0.2) is 4.39 Å². The molecular weight excluding hydrogens is 417 g/mol. The number of carbonyl (C=O) groups excluding carboxylic acids is 2. The molecule has 0 unspecified atom stereocenters. The van der Waals surface area contributed by atoms with E-state index in [-0.39, 0.29) is 24.2 Å². The molecular formula is C23H30FN3O3S. The van der Waals surface area contributed by atoms with Crippen LogP contribution in [0.5, 0.6) is 0 Å². The molecule has 0 N–H and O–H groups in total. The van der Waals surface area contributed by atoms with Crippen molar-refractivity contribution < 1.29 is 18.7 Å². The largest absolute Gasteiger partial charge is 0.379 e. The highest BCUT2D eigenvalue weighted by atomic mass is 32.1. The number of hydrogen-bond donors (Lipinski definition) is 0. The second-order valence-corrected chi connectivity index (χ2v) is 8.80. The van der Waals surface area contributed by atoms with Gasteiger partial charge in [-0.1, -0.05) is 12.1 Å². The second kappa shape index (κ2) is 11.4. The third-order valence-electron chi connectivity index (χ3n) is 5.50. The van der Waals surface area contributed by atoms with Gasteiger partial charge in [0.2, 0.25) is 11.8 Å². The summed E-state index contributed by atoms with van der Waals surface area (Å²) in [7, 11) is 0. The molecule has 3 rings (SSSR count). The molecule has 0 bridgehead atoms. The summed E-state index contributed by atoms with van der Waals surface area (Å²) in [4.78, 5) is 32.2. The van der Waals surface area contributed by atoms with E-state index in [4.69, 9.17) is 4.74 Å². The minimum atomic E-state index is -0.304. The first kappa shape index (κ1) is 23.4. The summed E-state index contributed by atoms with van der Waals surface area (Å²) in [5.41, 5.74) is 1.99. The van der Waals surface area contributed by atoms with Crippen molar-refractivity contribution in [1.29, 1.82) is 0 Å². The predicted octanol–water partition coefficient (Wildman–Crippen LogP) is 2.91. The molecule has 0 atom stereocenters. The Kier molecular flexibility index (Phi) is 8.57. The van der Waals surface area contributed by atoms with E-state index in [1.165, 1.54) is 19.1 Å². The molecule has 168 valence electrons. The number of rotatable bonds is 9. The predicted molar refractivity (Wildman–Crippen MR) is 119 cm³/mol. The Morgan fingerprint density at radius 2 is 1.81 bits per heavy atom. The van der Waals surface area contributed by atoms with Crippen molar-refractivity contribution >= 4 is 23.2 Å². The fourth-order valence-electron chi connectivity index (χ4n) is 3.48. The number of nitrogens with zero attached hydrogens (tertiary/aromatic N) is 3. The highest BCUT2D eigenvalue weighted by Gasteiger charge is 2.22. The maximum Gasteiger partial charge on any atom is 0.242 e. The first-order valence-electron chi connectivity index (χ1n) is 10.5. The van der Waals surface area contributed by atoms with E-state index in [2.05, 4.69) is 4.90 Å². The Labute approximate surface area is 187 Å². The van der Waals surface area contributed by atoms with Crippen LogP contribution >= 0.6 is 11.3 Å². The molecule has 31 heavy (non-hydrogen) atoms. The first-order valence-corrected chi connectivity index (χ1v) is 11.4. The zero-order valence-electron chi connectivity index (χ0n) is 18.2. The summed E-state index contributed by atoms with van der Waals surface area (Å²) in [6.45, 7) is 8.70. The maximum atomic E-state index is 13.3. The van der Waals surface area contributed by atoms with Crippen LogP contribution in [-0.2, 0) is 27.4 Å². The smallest absolute Gasteiger partial charge is 0.242 e.